The summed E-state index contributed by atoms with van der Waals surface area (Å²) in [6.45, 7) is 4.72. The van der Waals surface area contributed by atoms with Gasteiger partial charge >= 0.3 is 5.97 Å². The van der Waals surface area contributed by atoms with Gasteiger partial charge in [0.05, 0.1) is 17.4 Å². The summed E-state index contributed by atoms with van der Waals surface area (Å²) in [7, 11) is -3.85. The van der Waals surface area contributed by atoms with Crippen molar-refractivity contribution in [2.24, 2.45) is 0 Å². The number of hydrogen-bond acceptors (Lipinski definition) is 5. The molecule has 1 fully saturated rings. The first-order chi connectivity index (χ1) is 10.9. The Morgan fingerprint density at radius 3 is 2.87 bits per heavy atom. The SMILES string of the molecule is C=CCNc1ccc(C(=O)O)cc1S(=O)(=O)NC[C@@H]1CCCO1. The standard InChI is InChI=1S/C15H20N2O5S/c1-2-7-16-13-6-5-11(15(18)19)9-14(13)23(20,21)17-10-12-4-3-8-22-12/h2,5-6,9,12,16-17H,1,3-4,7-8,10H2,(H,18,19)/t12-/m0/s1. The maximum absolute atomic E-state index is 12.5. The quantitative estimate of drug-likeness (QED) is 0.619. The largest absolute Gasteiger partial charge is 0.478 e. The van der Waals surface area contributed by atoms with Crippen molar-refractivity contribution in [3.8, 4) is 0 Å². The van der Waals surface area contributed by atoms with Gasteiger partial charge < -0.3 is 15.2 Å². The summed E-state index contributed by atoms with van der Waals surface area (Å²) >= 11 is 0. The smallest absolute Gasteiger partial charge is 0.335 e. The molecule has 0 saturated carbocycles. The number of benzene rings is 1. The van der Waals surface area contributed by atoms with Crippen LogP contribution in [0.25, 0.3) is 0 Å². The molecule has 8 heteroatoms. The van der Waals surface area contributed by atoms with E-state index in [2.05, 4.69) is 16.6 Å². The number of sulfonamides is 1. The second-order valence-corrected chi connectivity index (χ2v) is 6.91. The summed E-state index contributed by atoms with van der Waals surface area (Å²) < 4.78 is 32.9. The van der Waals surface area contributed by atoms with Crippen LogP contribution in [0, 0.1) is 0 Å². The maximum Gasteiger partial charge on any atom is 0.335 e. The van der Waals surface area contributed by atoms with Gasteiger partial charge in [0, 0.05) is 19.7 Å². The number of rotatable bonds is 8. The molecule has 0 amide bonds. The minimum absolute atomic E-state index is 0.0911. The molecule has 1 atom stereocenters. The van der Waals surface area contributed by atoms with Crippen molar-refractivity contribution in [3.63, 3.8) is 0 Å². The second-order valence-electron chi connectivity index (χ2n) is 5.17. The molecule has 126 valence electrons. The number of ether oxygens (including phenoxy) is 1. The van der Waals surface area contributed by atoms with Crippen LogP contribution in [0.3, 0.4) is 0 Å². The summed E-state index contributed by atoms with van der Waals surface area (Å²) in [6, 6.07) is 3.94. The van der Waals surface area contributed by atoms with Crippen molar-refractivity contribution in [1.82, 2.24) is 4.72 Å². The lowest BCUT2D eigenvalue weighted by Gasteiger charge is -2.15. The predicted molar refractivity (Wildman–Crippen MR) is 86.3 cm³/mol. The molecular weight excluding hydrogens is 320 g/mol. The van der Waals surface area contributed by atoms with Crippen LogP contribution in [0.5, 0.6) is 0 Å². The van der Waals surface area contributed by atoms with E-state index in [0.29, 0.717) is 18.8 Å². The number of hydrogen-bond donors (Lipinski definition) is 3. The Labute approximate surface area is 135 Å². The minimum Gasteiger partial charge on any atom is -0.478 e. The van der Waals surface area contributed by atoms with Gasteiger partial charge in [-0.25, -0.2) is 17.9 Å². The molecule has 1 aromatic carbocycles. The average Bonchev–Trinajstić information content (AvgIpc) is 3.04. The van der Waals surface area contributed by atoms with Gasteiger partial charge in [-0.1, -0.05) is 6.08 Å². The van der Waals surface area contributed by atoms with Crippen LogP contribution in [0.2, 0.25) is 0 Å². The fourth-order valence-electron chi connectivity index (χ4n) is 2.29. The van der Waals surface area contributed by atoms with Crippen LogP contribution >= 0.6 is 0 Å². The van der Waals surface area contributed by atoms with E-state index in [0.717, 1.165) is 18.9 Å². The third-order valence-corrected chi connectivity index (χ3v) is 4.94. The van der Waals surface area contributed by atoms with Gasteiger partial charge in [-0.05, 0) is 31.0 Å². The molecule has 1 aliphatic heterocycles. The van der Waals surface area contributed by atoms with Gasteiger partial charge in [-0.15, -0.1) is 6.58 Å². The van der Waals surface area contributed by atoms with Crippen LogP contribution in [-0.4, -0.2) is 45.3 Å². The first-order valence-electron chi connectivity index (χ1n) is 7.27. The Balaban J connectivity index is 2.26. The second kappa shape index (κ2) is 7.58. The van der Waals surface area contributed by atoms with E-state index in [-0.39, 0.29) is 23.1 Å². The summed E-state index contributed by atoms with van der Waals surface area (Å²) in [5, 5.41) is 12.0. The van der Waals surface area contributed by atoms with E-state index in [1.165, 1.54) is 12.1 Å². The van der Waals surface area contributed by atoms with Crippen molar-refractivity contribution in [3.05, 3.63) is 36.4 Å². The highest BCUT2D eigenvalue weighted by Gasteiger charge is 2.23. The lowest BCUT2D eigenvalue weighted by molar-refractivity contribution is 0.0696. The fourth-order valence-corrected chi connectivity index (χ4v) is 3.56. The molecule has 7 nitrogen and oxygen atoms in total. The molecule has 1 aromatic rings. The van der Waals surface area contributed by atoms with Crippen LogP contribution in [0.4, 0.5) is 5.69 Å². The Kier molecular flexibility index (Phi) is 5.75. The summed E-state index contributed by atoms with van der Waals surface area (Å²) in [4.78, 5) is 11.0. The highest BCUT2D eigenvalue weighted by molar-refractivity contribution is 7.89. The molecular formula is C15H20N2O5S. The van der Waals surface area contributed by atoms with Crippen molar-refractivity contribution in [1.29, 1.82) is 0 Å². The molecule has 1 saturated heterocycles. The van der Waals surface area contributed by atoms with Gasteiger partial charge in [0.25, 0.3) is 0 Å². The Morgan fingerprint density at radius 2 is 2.26 bits per heavy atom. The van der Waals surface area contributed by atoms with Crippen molar-refractivity contribution in [2.75, 3.05) is 25.0 Å². The first kappa shape index (κ1) is 17.5. The van der Waals surface area contributed by atoms with Crippen LogP contribution in [0.15, 0.2) is 35.7 Å². The normalized spacial score (nSPS) is 17.8. The molecule has 1 heterocycles. The van der Waals surface area contributed by atoms with Crippen molar-refractivity contribution in [2.45, 2.75) is 23.8 Å². The third-order valence-electron chi connectivity index (χ3n) is 3.48. The van der Waals surface area contributed by atoms with Crippen LogP contribution < -0.4 is 10.0 Å². The van der Waals surface area contributed by atoms with Gasteiger partial charge in [0.15, 0.2) is 0 Å². The van der Waals surface area contributed by atoms with E-state index < -0.39 is 16.0 Å². The van der Waals surface area contributed by atoms with E-state index in [4.69, 9.17) is 9.84 Å². The predicted octanol–water partition coefficient (Wildman–Crippen LogP) is 1.44. The van der Waals surface area contributed by atoms with Crippen molar-refractivity contribution < 1.29 is 23.1 Å². The van der Waals surface area contributed by atoms with Gasteiger partial charge in [0.2, 0.25) is 10.0 Å². The lowest BCUT2D eigenvalue weighted by Crippen LogP contribution is -2.32. The summed E-state index contributed by atoms with van der Waals surface area (Å²) in [6.07, 6.45) is 3.16. The average molecular weight is 340 g/mol. The van der Waals surface area contributed by atoms with Crippen LogP contribution in [0.1, 0.15) is 23.2 Å². The number of carbonyl (C=O) groups is 1. The van der Waals surface area contributed by atoms with Crippen molar-refractivity contribution >= 4 is 21.7 Å². The van der Waals surface area contributed by atoms with Gasteiger partial charge in [-0.3, -0.25) is 0 Å². The Hall–Kier alpha value is -1.90. The topological polar surface area (TPSA) is 105 Å². The maximum atomic E-state index is 12.5. The molecule has 0 bridgehead atoms. The highest BCUT2D eigenvalue weighted by atomic mass is 32.2. The molecule has 2 rings (SSSR count). The van der Waals surface area contributed by atoms with Gasteiger partial charge in [0.1, 0.15) is 4.90 Å². The van der Waals surface area contributed by atoms with E-state index in [1.807, 2.05) is 0 Å². The highest BCUT2D eigenvalue weighted by Crippen LogP contribution is 2.23. The van der Waals surface area contributed by atoms with Gasteiger partial charge in [-0.2, -0.15) is 0 Å². The molecule has 23 heavy (non-hydrogen) atoms. The van der Waals surface area contributed by atoms with E-state index >= 15 is 0 Å². The zero-order chi connectivity index (χ0) is 16.9. The zero-order valence-corrected chi connectivity index (χ0v) is 13.4. The Morgan fingerprint density at radius 1 is 1.48 bits per heavy atom. The molecule has 1 aliphatic rings. The molecule has 0 aromatic heterocycles. The third kappa shape index (κ3) is 4.54. The number of nitrogens with one attached hydrogen (secondary N) is 2. The lowest BCUT2D eigenvalue weighted by atomic mass is 10.2. The van der Waals surface area contributed by atoms with E-state index in [1.54, 1.807) is 6.08 Å². The number of anilines is 1. The van der Waals surface area contributed by atoms with E-state index in [9.17, 15) is 13.2 Å². The van der Waals surface area contributed by atoms with Crippen LogP contribution in [-0.2, 0) is 14.8 Å². The number of aromatic carboxylic acids is 1. The molecule has 0 radical (unpaired) electrons. The zero-order valence-electron chi connectivity index (χ0n) is 12.6. The molecule has 0 unspecified atom stereocenters. The molecule has 0 spiro atoms. The number of carboxylic acids is 1. The summed E-state index contributed by atoms with van der Waals surface area (Å²) in [5.41, 5.74) is 0.237. The molecule has 3 N–H and O–H groups in total. The number of carboxylic acid groups (broad SMARTS) is 1. The first-order valence-corrected chi connectivity index (χ1v) is 8.75. The fraction of sp³-hybridized carbons (Fsp3) is 0.400. The minimum atomic E-state index is -3.85. The Bertz CT molecular complexity index is 681. The summed E-state index contributed by atoms with van der Waals surface area (Å²) in [5.74, 6) is -1.18. The molecule has 0 aliphatic carbocycles. The monoisotopic (exact) mass is 340 g/mol.